The average Bonchev–Trinajstić information content (AvgIpc) is 2.63. The Labute approximate surface area is 88.3 Å². The van der Waals surface area contributed by atoms with Crippen molar-refractivity contribution in [2.45, 2.75) is 12.3 Å². The van der Waals surface area contributed by atoms with Crippen molar-refractivity contribution in [3.05, 3.63) is 30.2 Å². The molecule has 0 saturated carbocycles. The van der Waals surface area contributed by atoms with E-state index in [1.807, 2.05) is 0 Å². The predicted octanol–water partition coefficient (Wildman–Crippen LogP) is 0.992. The highest BCUT2D eigenvalue weighted by atomic mass is 19.3. The Morgan fingerprint density at radius 3 is 3.00 bits per heavy atom. The zero-order valence-electron chi connectivity index (χ0n) is 7.97. The predicted molar refractivity (Wildman–Crippen MR) is 49.3 cm³/mol. The average molecular weight is 227 g/mol. The zero-order valence-corrected chi connectivity index (χ0v) is 7.97. The molecule has 1 N–H and O–H groups in total. The Balaban J connectivity index is 2.30. The van der Waals surface area contributed by atoms with E-state index in [1.165, 1.54) is 23.1 Å². The van der Waals surface area contributed by atoms with Gasteiger partial charge in [0.1, 0.15) is 0 Å². The summed E-state index contributed by atoms with van der Waals surface area (Å²) in [4.78, 5) is 14.1. The Hall–Kier alpha value is -2.05. The summed E-state index contributed by atoms with van der Waals surface area (Å²) in [5.41, 5.74) is 0.631. The Kier molecular flexibility index (Phi) is 2.30. The van der Waals surface area contributed by atoms with Crippen molar-refractivity contribution in [2.75, 3.05) is 0 Å². The lowest BCUT2D eigenvalue weighted by Gasteiger charge is -2.10. The van der Waals surface area contributed by atoms with Crippen LogP contribution in [-0.2, 0) is 11.2 Å². The summed E-state index contributed by atoms with van der Waals surface area (Å²) in [5.74, 6) is -5.93. The fraction of sp³-hybridized carbons (Fsp3) is 0.222. The Bertz CT molecular complexity index is 538. The number of alkyl halides is 2. The maximum Gasteiger partial charge on any atom is 0.374 e. The first-order chi connectivity index (χ1) is 7.49. The highest BCUT2D eigenvalue weighted by Crippen LogP contribution is 2.19. The molecule has 0 aliphatic heterocycles. The number of rotatable bonds is 3. The van der Waals surface area contributed by atoms with Crippen LogP contribution in [0.1, 0.15) is 5.56 Å². The van der Waals surface area contributed by atoms with Gasteiger partial charge in [-0.3, -0.25) is 0 Å². The Morgan fingerprint density at radius 1 is 1.56 bits per heavy atom. The molecular weight excluding hydrogens is 220 g/mol. The second kappa shape index (κ2) is 3.51. The van der Waals surface area contributed by atoms with Crippen molar-refractivity contribution in [3.63, 3.8) is 0 Å². The third kappa shape index (κ3) is 1.83. The van der Waals surface area contributed by atoms with E-state index in [0.717, 1.165) is 0 Å². The fourth-order valence-corrected chi connectivity index (χ4v) is 1.27. The van der Waals surface area contributed by atoms with E-state index >= 15 is 0 Å². The quantitative estimate of drug-likeness (QED) is 0.849. The lowest BCUT2D eigenvalue weighted by atomic mass is 10.1. The molecule has 0 atom stereocenters. The molecule has 2 heterocycles. The van der Waals surface area contributed by atoms with Crippen LogP contribution in [0.5, 0.6) is 0 Å². The van der Waals surface area contributed by atoms with Crippen molar-refractivity contribution in [1.29, 1.82) is 0 Å². The number of nitrogens with zero attached hydrogens (tertiary/aromatic N) is 3. The van der Waals surface area contributed by atoms with E-state index in [1.54, 1.807) is 6.07 Å². The van der Waals surface area contributed by atoms with Crippen molar-refractivity contribution >= 4 is 11.6 Å². The fourth-order valence-electron chi connectivity index (χ4n) is 1.27. The van der Waals surface area contributed by atoms with E-state index in [9.17, 15) is 13.6 Å². The van der Waals surface area contributed by atoms with Crippen molar-refractivity contribution < 1.29 is 18.7 Å². The number of fused-ring (bicyclic) bond motifs is 1. The zero-order chi connectivity index (χ0) is 11.8. The first-order valence-electron chi connectivity index (χ1n) is 4.38. The second-order valence-electron chi connectivity index (χ2n) is 3.28. The van der Waals surface area contributed by atoms with Crippen LogP contribution >= 0.6 is 0 Å². The molecule has 0 amide bonds. The number of aliphatic carboxylic acids is 1. The molecular formula is C9H7F2N3O2. The third-order valence-corrected chi connectivity index (χ3v) is 2.04. The van der Waals surface area contributed by atoms with E-state index in [-0.39, 0.29) is 5.56 Å². The maximum absolute atomic E-state index is 12.9. The van der Waals surface area contributed by atoms with Gasteiger partial charge in [0.2, 0.25) is 0 Å². The SMILES string of the molecule is O=C(O)C(F)(F)Cc1cnc2ccnn2c1. The molecule has 0 saturated heterocycles. The summed E-state index contributed by atoms with van der Waals surface area (Å²) in [7, 11) is 0. The molecule has 2 aromatic heterocycles. The molecule has 0 spiro atoms. The molecule has 5 nitrogen and oxygen atoms in total. The Morgan fingerprint density at radius 2 is 2.31 bits per heavy atom. The number of carboxylic acids is 1. The van der Waals surface area contributed by atoms with Crippen LogP contribution in [0.15, 0.2) is 24.7 Å². The van der Waals surface area contributed by atoms with Crippen LogP contribution in [0.4, 0.5) is 8.78 Å². The monoisotopic (exact) mass is 227 g/mol. The van der Waals surface area contributed by atoms with Crippen LogP contribution < -0.4 is 0 Å². The summed E-state index contributed by atoms with van der Waals surface area (Å²) in [6, 6.07) is 1.61. The third-order valence-electron chi connectivity index (χ3n) is 2.04. The van der Waals surface area contributed by atoms with E-state index in [0.29, 0.717) is 5.65 Å². The molecule has 0 fully saturated rings. The summed E-state index contributed by atoms with van der Waals surface area (Å²) in [6.07, 6.45) is 3.12. The number of hydrogen-bond acceptors (Lipinski definition) is 3. The van der Waals surface area contributed by atoms with E-state index in [2.05, 4.69) is 10.1 Å². The highest BCUT2D eigenvalue weighted by molar-refractivity contribution is 5.75. The lowest BCUT2D eigenvalue weighted by Crippen LogP contribution is -2.30. The van der Waals surface area contributed by atoms with Crippen LogP contribution in [0, 0.1) is 0 Å². The summed E-state index contributed by atoms with van der Waals surface area (Å²) >= 11 is 0. The van der Waals surface area contributed by atoms with Gasteiger partial charge >= 0.3 is 11.9 Å². The number of carboxylic acid groups (broad SMARTS) is 1. The normalized spacial score (nSPS) is 11.9. The maximum atomic E-state index is 12.9. The van der Waals surface area contributed by atoms with Gasteiger partial charge in [-0.1, -0.05) is 0 Å². The van der Waals surface area contributed by atoms with Crippen LogP contribution in [0.3, 0.4) is 0 Å². The van der Waals surface area contributed by atoms with Gasteiger partial charge in [-0.15, -0.1) is 0 Å². The largest absolute Gasteiger partial charge is 0.477 e. The van der Waals surface area contributed by atoms with E-state index < -0.39 is 18.3 Å². The molecule has 0 aliphatic rings. The molecule has 84 valence electrons. The minimum atomic E-state index is -3.79. The minimum absolute atomic E-state index is 0.114. The standard InChI is InChI=1S/C9H7F2N3O2/c10-9(11,8(15)16)3-6-4-12-7-1-2-13-14(7)5-6/h1-2,4-5H,3H2,(H,15,16). The number of halogens is 2. The van der Waals surface area contributed by atoms with Gasteiger partial charge in [0, 0.05) is 18.5 Å². The number of hydrogen-bond donors (Lipinski definition) is 1. The molecule has 16 heavy (non-hydrogen) atoms. The molecule has 2 rings (SSSR count). The summed E-state index contributed by atoms with van der Waals surface area (Å²) < 4.78 is 27.1. The number of aromatic nitrogens is 3. The van der Waals surface area contributed by atoms with Crippen LogP contribution in [-0.4, -0.2) is 31.6 Å². The minimum Gasteiger partial charge on any atom is -0.477 e. The topological polar surface area (TPSA) is 67.5 Å². The molecule has 7 heteroatoms. The smallest absolute Gasteiger partial charge is 0.374 e. The molecule has 0 aromatic carbocycles. The first kappa shape index (κ1) is 10.5. The van der Waals surface area contributed by atoms with Gasteiger partial charge in [0.15, 0.2) is 5.65 Å². The second-order valence-corrected chi connectivity index (χ2v) is 3.28. The van der Waals surface area contributed by atoms with E-state index in [4.69, 9.17) is 5.11 Å². The van der Waals surface area contributed by atoms with Gasteiger partial charge < -0.3 is 5.11 Å². The van der Waals surface area contributed by atoms with Crippen molar-refractivity contribution in [1.82, 2.24) is 14.6 Å². The van der Waals surface area contributed by atoms with Gasteiger partial charge in [0.25, 0.3) is 0 Å². The molecule has 0 bridgehead atoms. The van der Waals surface area contributed by atoms with Gasteiger partial charge in [-0.2, -0.15) is 13.9 Å². The van der Waals surface area contributed by atoms with Gasteiger partial charge in [-0.05, 0) is 5.56 Å². The molecule has 0 unspecified atom stereocenters. The first-order valence-corrected chi connectivity index (χ1v) is 4.38. The molecule has 0 radical (unpaired) electrons. The van der Waals surface area contributed by atoms with Crippen molar-refractivity contribution in [2.24, 2.45) is 0 Å². The lowest BCUT2D eigenvalue weighted by molar-refractivity contribution is -0.164. The van der Waals surface area contributed by atoms with Crippen LogP contribution in [0.25, 0.3) is 5.65 Å². The molecule has 0 aliphatic carbocycles. The molecule has 2 aromatic rings. The summed E-state index contributed by atoms with van der Waals surface area (Å²) in [5, 5.41) is 12.1. The highest BCUT2D eigenvalue weighted by Gasteiger charge is 2.38. The van der Waals surface area contributed by atoms with Crippen LogP contribution in [0.2, 0.25) is 0 Å². The summed E-state index contributed by atoms with van der Waals surface area (Å²) in [6.45, 7) is 0. The van der Waals surface area contributed by atoms with Gasteiger partial charge in [0.05, 0.1) is 12.6 Å². The van der Waals surface area contributed by atoms with Crippen molar-refractivity contribution in [3.8, 4) is 0 Å². The van der Waals surface area contributed by atoms with Gasteiger partial charge in [-0.25, -0.2) is 14.3 Å². The number of carbonyl (C=O) groups is 1.